The molecule has 9 heteroatoms. The predicted octanol–water partition coefficient (Wildman–Crippen LogP) is 2.50. The lowest BCUT2D eigenvalue weighted by Crippen LogP contribution is -2.48. The molecule has 0 bridgehead atoms. The van der Waals surface area contributed by atoms with Crippen LogP contribution in [0.3, 0.4) is 0 Å². The SMILES string of the molecule is COc1ccc(Cl)cc1N(C(C)C(=O)NCCCN1CCCCC1)S(C)(=O)=O. The maximum atomic E-state index is 12.6. The lowest BCUT2D eigenvalue weighted by molar-refractivity contribution is -0.121. The average Bonchev–Trinajstić information content (AvgIpc) is 2.65. The number of nitrogens with zero attached hydrogens (tertiary/aromatic N) is 2. The number of halogens is 1. The van der Waals surface area contributed by atoms with E-state index in [1.165, 1.54) is 32.4 Å². The second-order valence-electron chi connectivity index (χ2n) is 7.10. The number of rotatable bonds is 9. The molecule has 0 aliphatic carbocycles. The molecule has 1 atom stereocenters. The van der Waals surface area contributed by atoms with Crippen LogP contribution >= 0.6 is 11.6 Å². The number of benzene rings is 1. The smallest absolute Gasteiger partial charge is 0.243 e. The summed E-state index contributed by atoms with van der Waals surface area (Å²) in [5, 5.41) is 3.21. The monoisotopic (exact) mass is 431 g/mol. The summed E-state index contributed by atoms with van der Waals surface area (Å²) in [6, 6.07) is 3.74. The first kappa shape index (κ1) is 22.8. The number of hydrogen-bond acceptors (Lipinski definition) is 5. The lowest BCUT2D eigenvalue weighted by atomic mass is 10.1. The third-order valence-corrected chi connectivity index (χ3v) is 6.33. The third-order valence-electron chi connectivity index (χ3n) is 4.87. The van der Waals surface area contributed by atoms with Gasteiger partial charge in [0.25, 0.3) is 0 Å². The largest absolute Gasteiger partial charge is 0.495 e. The zero-order valence-corrected chi connectivity index (χ0v) is 18.4. The molecule has 0 radical (unpaired) electrons. The van der Waals surface area contributed by atoms with E-state index in [9.17, 15) is 13.2 Å². The van der Waals surface area contributed by atoms with Crippen LogP contribution in [-0.4, -0.2) is 64.8 Å². The van der Waals surface area contributed by atoms with E-state index in [-0.39, 0.29) is 11.6 Å². The summed E-state index contributed by atoms with van der Waals surface area (Å²) in [6.45, 7) is 5.22. The fourth-order valence-corrected chi connectivity index (χ4v) is 4.80. The minimum absolute atomic E-state index is 0.244. The van der Waals surface area contributed by atoms with Crippen molar-refractivity contribution in [3.8, 4) is 5.75 Å². The van der Waals surface area contributed by atoms with Crippen LogP contribution in [0.5, 0.6) is 5.75 Å². The Morgan fingerprint density at radius 3 is 2.61 bits per heavy atom. The number of piperidine rings is 1. The number of methoxy groups -OCH3 is 1. The number of ether oxygens (including phenoxy) is 1. The molecule has 1 amide bonds. The van der Waals surface area contributed by atoms with Gasteiger partial charge >= 0.3 is 0 Å². The highest BCUT2D eigenvalue weighted by Gasteiger charge is 2.31. The van der Waals surface area contributed by atoms with Crippen LogP contribution in [0, 0.1) is 0 Å². The number of sulfonamides is 1. The molecule has 1 N–H and O–H groups in total. The Hall–Kier alpha value is -1.51. The van der Waals surface area contributed by atoms with Crippen LogP contribution < -0.4 is 14.4 Å². The van der Waals surface area contributed by atoms with Gasteiger partial charge in [-0.3, -0.25) is 9.10 Å². The molecule has 1 heterocycles. The van der Waals surface area contributed by atoms with E-state index in [2.05, 4.69) is 10.2 Å². The Kier molecular flexibility index (Phi) is 8.39. The Morgan fingerprint density at radius 2 is 2.00 bits per heavy atom. The van der Waals surface area contributed by atoms with Crippen molar-refractivity contribution in [1.82, 2.24) is 10.2 Å². The molecule has 0 aromatic heterocycles. The lowest BCUT2D eigenvalue weighted by Gasteiger charge is -2.30. The van der Waals surface area contributed by atoms with Crippen molar-refractivity contribution in [3.05, 3.63) is 23.2 Å². The summed E-state index contributed by atoms with van der Waals surface area (Å²) in [5.74, 6) is -0.0225. The average molecular weight is 432 g/mol. The second kappa shape index (κ2) is 10.3. The van der Waals surface area contributed by atoms with Crippen molar-refractivity contribution < 1.29 is 17.9 Å². The molecule has 1 saturated heterocycles. The van der Waals surface area contributed by atoms with Gasteiger partial charge in [-0.25, -0.2) is 8.42 Å². The van der Waals surface area contributed by atoms with E-state index in [4.69, 9.17) is 16.3 Å². The van der Waals surface area contributed by atoms with Gasteiger partial charge in [-0.1, -0.05) is 18.0 Å². The minimum Gasteiger partial charge on any atom is -0.495 e. The molecule has 1 fully saturated rings. The van der Waals surface area contributed by atoms with Crippen molar-refractivity contribution in [2.75, 3.05) is 43.8 Å². The number of carbonyl (C=O) groups excluding carboxylic acids is 1. The van der Waals surface area contributed by atoms with E-state index in [1.54, 1.807) is 19.1 Å². The molecule has 1 aromatic rings. The number of carbonyl (C=O) groups is 1. The number of nitrogens with one attached hydrogen (secondary N) is 1. The third kappa shape index (κ3) is 6.25. The predicted molar refractivity (Wildman–Crippen MR) is 113 cm³/mol. The van der Waals surface area contributed by atoms with Crippen molar-refractivity contribution >= 4 is 33.2 Å². The van der Waals surface area contributed by atoms with Gasteiger partial charge in [-0.15, -0.1) is 0 Å². The van der Waals surface area contributed by atoms with Gasteiger partial charge in [-0.05, 0) is 64.0 Å². The Bertz CT molecular complexity index is 766. The number of anilines is 1. The molecule has 1 unspecified atom stereocenters. The Labute approximate surface area is 173 Å². The summed E-state index contributed by atoms with van der Waals surface area (Å²) >= 11 is 6.05. The fraction of sp³-hybridized carbons (Fsp3) is 0.632. The Balaban J connectivity index is 2.03. The quantitative estimate of drug-likeness (QED) is 0.608. The zero-order chi connectivity index (χ0) is 20.7. The van der Waals surface area contributed by atoms with Crippen LogP contribution in [0.1, 0.15) is 32.6 Å². The van der Waals surface area contributed by atoms with Crippen LogP contribution in [0.4, 0.5) is 5.69 Å². The number of likely N-dealkylation sites (tertiary alicyclic amines) is 1. The standard InChI is InChI=1S/C19H30ClN3O4S/c1-15(19(24)21-10-7-13-22-11-5-4-6-12-22)23(28(3,25)26)17-14-16(20)8-9-18(17)27-2/h8-9,14-15H,4-7,10-13H2,1-3H3,(H,21,24). The summed E-state index contributed by atoms with van der Waals surface area (Å²) in [4.78, 5) is 15.0. The molecule has 158 valence electrons. The molecule has 1 aliphatic rings. The van der Waals surface area contributed by atoms with Crippen LogP contribution in [-0.2, 0) is 14.8 Å². The van der Waals surface area contributed by atoms with E-state index in [0.717, 1.165) is 36.6 Å². The van der Waals surface area contributed by atoms with E-state index in [0.29, 0.717) is 17.3 Å². The minimum atomic E-state index is -3.73. The van der Waals surface area contributed by atoms with Crippen molar-refractivity contribution in [2.45, 2.75) is 38.6 Å². The van der Waals surface area contributed by atoms with E-state index in [1.807, 2.05) is 0 Å². The topological polar surface area (TPSA) is 79.0 Å². The van der Waals surface area contributed by atoms with Crippen molar-refractivity contribution in [1.29, 1.82) is 0 Å². The van der Waals surface area contributed by atoms with E-state index >= 15 is 0 Å². The summed E-state index contributed by atoms with van der Waals surface area (Å²) in [7, 11) is -2.29. The molecule has 0 saturated carbocycles. The van der Waals surface area contributed by atoms with Gasteiger partial charge < -0.3 is 15.0 Å². The highest BCUT2D eigenvalue weighted by molar-refractivity contribution is 7.92. The number of amides is 1. The van der Waals surface area contributed by atoms with Gasteiger partial charge in [0, 0.05) is 11.6 Å². The summed E-state index contributed by atoms with van der Waals surface area (Å²) in [6.07, 6.45) is 5.65. The first-order valence-corrected chi connectivity index (χ1v) is 11.8. The second-order valence-corrected chi connectivity index (χ2v) is 9.39. The maximum absolute atomic E-state index is 12.6. The van der Waals surface area contributed by atoms with E-state index < -0.39 is 16.1 Å². The summed E-state index contributed by atoms with van der Waals surface area (Å²) in [5.41, 5.74) is 0.244. The molecular formula is C19H30ClN3O4S. The van der Waals surface area contributed by atoms with Crippen molar-refractivity contribution in [3.63, 3.8) is 0 Å². The fourth-order valence-electron chi connectivity index (χ4n) is 3.46. The van der Waals surface area contributed by atoms with Gasteiger partial charge in [0.05, 0.1) is 19.1 Å². The molecule has 28 heavy (non-hydrogen) atoms. The van der Waals surface area contributed by atoms with Gasteiger partial charge in [0.1, 0.15) is 11.8 Å². The maximum Gasteiger partial charge on any atom is 0.243 e. The molecule has 7 nitrogen and oxygen atoms in total. The van der Waals surface area contributed by atoms with Crippen molar-refractivity contribution in [2.24, 2.45) is 0 Å². The van der Waals surface area contributed by atoms with Crippen LogP contribution in [0.25, 0.3) is 0 Å². The van der Waals surface area contributed by atoms with Gasteiger partial charge in [0.2, 0.25) is 15.9 Å². The molecule has 1 aliphatic heterocycles. The molecule has 0 spiro atoms. The van der Waals surface area contributed by atoms with Crippen LogP contribution in [0.15, 0.2) is 18.2 Å². The van der Waals surface area contributed by atoms with Gasteiger partial charge in [-0.2, -0.15) is 0 Å². The molecule has 1 aromatic carbocycles. The summed E-state index contributed by atoms with van der Waals surface area (Å²) < 4.78 is 31.2. The molecule has 2 rings (SSSR count). The Morgan fingerprint density at radius 1 is 1.32 bits per heavy atom. The zero-order valence-electron chi connectivity index (χ0n) is 16.8. The molecular weight excluding hydrogens is 402 g/mol. The highest BCUT2D eigenvalue weighted by Crippen LogP contribution is 2.34. The highest BCUT2D eigenvalue weighted by atomic mass is 35.5. The van der Waals surface area contributed by atoms with Crippen LogP contribution in [0.2, 0.25) is 5.02 Å². The first-order valence-electron chi connectivity index (χ1n) is 9.57. The van der Waals surface area contributed by atoms with Gasteiger partial charge in [0.15, 0.2) is 0 Å². The first-order chi connectivity index (χ1) is 13.2. The number of hydrogen-bond donors (Lipinski definition) is 1. The normalized spacial score (nSPS) is 16.4.